The molecule has 0 spiro atoms. The van der Waals surface area contributed by atoms with Crippen molar-refractivity contribution in [3.8, 4) is 0 Å². The van der Waals surface area contributed by atoms with Crippen molar-refractivity contribution >= 4 is 23.0 Å². The second-order valence-electron chi connectivity index (χ2n) is 1.78. The quantitative estimate of drug-likeness (QED) is 0.726. The van der Waals surface area contributed by atoms with Crippen LogP contribution in [0.25, 0.3) is 0 Å². The Kier molecular flexibility index (Phi) is 2.47. The van der Waals surface area contributed by atoms with Crippen LogP contribution < -0.4 is 0 Å². The molecule has 1 aromatic heterocycles. The number of aryl methyl sites for hydroxylation is 1. The van der Waals surface area contributed by atoms with Gasteiger partial charge in [0.2, 0.25) is 0 Å². The fourth-order valence-corrected chi connectivity index (χ4v) is 0.969. The van der Waals surface area contributed by atoms with Crippen LogP contribution in [0.2, 0.25) is 0 Å². The van der Waals surface area contributed by atoms with Crippen LogP contribution in [-0.4, -0.2) is 9.78 Å². The van der Waals surface area contributed by atoms with E-state index in [1.807, 2.05) is 36.3 Å². The number of nitrogens with zero attached hydrogens (tertiary/aromatic N) is 2. The molecule has 1 aromatic rings. The van der Waals surface area contributed by atoms with E-state index < -0.39 is 0 Å². The van der Waals surface area contributed by atoms with Gasteiger partial charge in [0.05, 0.1) is 12.8 Å². The van der Waals surface area contributed by atoms with Gasteiger partial charge >= 0.3 is 0 Å². The highest BCUT2D eigenvalue weighted by Crippen LogP contribution is 2.00. The lowest BCUT2D eigenvalue weighted by Crippen LogP contribution is -1.84. The Hall–Kier alpha value is -0.100. The van der Waals surface area contributed by atoms with Crippen LogP contribution in [0, 0.1) is 0 Å². The second-order valence-corrected chi connectivity index (χ2v) is 2.40. The van der Waals surface area contributed by atoms with E-state index in [1.165, 1.54) is 0 Å². The Morgan fingerprint density at radius 1 is 1.89 bits per heavy atom. The molecule has 0 aliphatic rings. The Labute approximate surface area is 67.7 Å². The second kappa shape index (κ2) is 3.17. The summed E-state index contributed by atoms with van der Waals surface area (Å²) in [7, 11) is 1.89. The number of hydrogen-bond donors (Lipinski definition) is 0. The molecule has 4 heteroatoms. The van der Waals surface area contributed by atoms with Gasteiger partial charge in [0, 0.05) is 18.8 Å². The number of hydrogen-bond acceptors (Lipinski definition) is 2. The molecule has 0 saturated heterocycles. The molecule has 0 N–H and O–H groups in total. The van der Waals surface area contributed by atoms with E-state index >= 15 is 0 Å². The molecule has 50 valence electrons. The number of rotatable bonds is 2. The first-order valence-corrected chi connectivity index (χ1v) is 3.42. The zero-order chi connectivity index (χ0) is 6.69. The third-order valence-electron chi connectivity index (χ3n) is 0.980. The van der Waals surface area contributed by atoms with Crippen LogP contribution in [0.15, 0.2) is 12.4 Å². The smallest absolute Gasteiger partial charge is 0.110 e. The lowest BCUT2D eigenvalue weighted by Gasteiger charge is -1.86. The van der Waals surface area contributed by atoms with E-state index in [1.54, 1.807) is 10.9 Å². The SMILES string of the molecule is Cn1cc(COI)cn1. The van der Waals surface area contributed by atoms with Crippen molar-refractivity contribution < 1.29 is 3.07 Å². The lowest BCUT2D eigenvalue weighted by molar-refractivity contribution is 0.418. The van der Waals surface area contributed by atoms with Crippen molar-refractivity contribution in [2.24, 2.45) is 7.05 Å². The molecular weight excluding hydrogens is 231 g/mol. The Morgan fingerprint density at radius 2 is 2.67 bits per heavy atom. The topological polar surface area (TPSA) is 27.1 Å². The molecule has 0 aliphatic heterocycles. The first-order valence-electron chi connectivity index (χ1n) is 2.54. The minimum atomic E-state index is 0.633. The Bertz CT molecular complexity index is 187. The predicted molar refractivity (Wildman–Crippen MR) is 42.0 cm³/mol. The summed E-state index contributed by atoms with van der Waals surface area (Å²) in [5.41, 5.74) is 1.10. The maximum Gasteiger partial charge on any atom is 0.110 e. The van der Waals surface area contributed by atoms with Crippen molar-refractivity contribution in [3.05, 3.63) is 18.0 Å². The highest BCUT2D eigenvalue weighted by molar-refractivity contribution is 14.1. The molecule has 0 fully saturated rings. The maximum absolute atomic E-state index is 4.86. The van der Waals surface area contributed by atoms with Gasteiger partial charge in [-0.2, -0.15) is 5.10 Å². The van der Waals surface area contributed by atoms with Crippen molar-refractivity contribution in [1.29, 1.82) is 0 Å². The van der Waals surface area contributed by atoms with Gasteiger partial charge in [0.25, 0.3) is 0 Å². The molecule has 0 atom stereocenters. The molecular formula is C5H7IN2O. The average molecular weight is 238 g/mol. The minimum absolute atomic E-state index is 0.633. The maximum atomic E-state index is 4.86. The van der Waals surface area contributed by atoms with Crippen molar-refractivity contribution in [3.63, 3.8) is 0 Å². The van der Waals surface area contributed by atoms with E-state index in [0.29, 0.717) is 6.61 Å². The fraction of sp³-hybridized carbons (Fsp3) is 0.400. The van der Waals surface area contributed by atoms with Crippen molar-refractivity contribution in [1.82, 2.24) is 9.78 Å². The van der Waals surface area contributed by atoms with Crippen LogP contribution in [0.4, 0.5) is 0 Å². The van der Waals surface area contributed by atoms with E-state index in [0.717, 1.165) is 5.56 Å². The number of halogens is 1. The molecule has 1 rings (SSSR count). The van der Waals surface area contributed by atoms with Crippen molar-refractivity contribution in [2.75, 3.05) is 0 Å². The minimum Gasteiger partial charge on any atom is -0.311 e. The molecule has 1 heterocycles. The van der Waals surface area contributed by atoms with Gasteiger partial charge in [-0.25, -0.2) is 0 Å². The zero-order valence-corrected chi connectivity index (χ0v) is 7.20. The normalized spacial score (nSPS) is 10.0. The summed E-state index contributed by atoms with van der Waals surface area (Å²) in [6.45, 7) is 0.633. The summed E-state index contributed by atoms with van der Waals surface area (Å²) in [6.07, 6.45) is 3.72. The Morgan fingerprint density at radius 3 is 3.11 bits per heavy atom. The van der Waals surface area contributed by atoms with Gasteiger partial charge in [-0.15, -0.1) is 0 Å². The third kappa shape index (κ3) is 1.94. The highest BCUT2D eigenvalue weighted by Gasteiger charge is 1.92. The largest absolute Gasteiger partial charge is 0.311 e. The molecule has 0 radical (unpaired) electrons. The van der Waals surface area contributed by atoms with Gasteiger partial charge in [0.1, 0.15) is 23.0 Å². The molecule has 9 heavy (non-hydrogen) atoms. The van der Waals surface area contributed by atoms with E-state index in [-0.39, 0.29) is 0 Å². The molecule has 0 aromatic carbocycles. The van der Waals surface area contributed by atoms with Gasteiger partial charge in [-0.3, -0.25) is 4.68 Å². The van der Waals surface area contributed by atoms with E-state index in [4.69, 9.17) is 3.07 Å². The summed E-state index contributed by atoms with van der Waals surface area (Å²) in [5, 5.41) is 3.97. The van der Waals surface area contributed by atoms with Crippen LogP contribution in [0.3, 0.4) is 0 Å². The summed E-state index contributed by atoms with van der Waals surface area (Å²) in [5.74, 6) is 0. The third-order valence-corrected chi connectivity index (χ3v) is 1.29. The molecule has 0 bridgehead atoms. The molecule has 0 aliphatic carbocycles. The summed E-state index contributed by atoms with van der Waals surface area (Å²) < 4.78 is 6.61. The highest BCUT2D eigenvalue weighted by atomic mass is 127. The van der Waals surface area contributed by atoms with Crippen LogP contribution >= 0.6 is 23.0 Å². The standard InChI is InChI=1S/C5H7IN2O/c1-8-3-5(2-7-8)4-9-6/h2-3H,4H2,1H3. The van der Waals surface area contributed by atoms with Crippen molar-refractivity contribution in [2.45, 2.75) is 6.61 Å². The van der Waals surface area contributed by atoms with Gasteiger partial charge in [0.15, 0.2) is 0 Å². The van der Waals surface area contributed by atoms with Crippen LogP contribution in [-0.2, 0) is 16.7 Å². The van der Waals surface area contributed by atoms with Gasteiger partial charge < -0.3 is 3.07 Å². The summed E-state index contributed by atoms with van der Waals surface area (Å²) >= 11 is 1.86. The fourth-order valence-electron chi connectivity index (χ4n) is 0.609. The summed E-state index contributed by atoms with van der Waals surface area (Å²) in [4.78, 5) is 0. The summed E-state index contributed by atoms with van der Waals surface area (Å²) in [6, 6.07) is 0. The van der Waals surface area contributed by atoms with Gasteiger partial charge in [-0.05, 0) is 0 Å². The molecule has 0 saturated carbocycles. The van der Waals surface area contributed by atoms with E-state index in [2.05, 4.69) is 5.10 Å². The average Bonchev–Trinajstić information content (AvgIpc) is 2.17. The molecule has 3 nitrogen and oxygen atoms in total. The van der Waals surface area contributed by atoms with Crippen LogP contribution in [0.1, 0.15) is 5.56 Å². The van der Waals surface area contributed by atoms with E-state index in [9.17, 15) is 0 Å². The zero-order valence-electron chi connectivity index (χ0n) is 5.04. The first-order chi connectivity index (χ1) is 4.33. The monoisotopic (exact) mass is 238 g/mol. The lowest BCUT2D eigenvalue weighted by atomic mass is 10.4. The molecule has 0 unspecified atom stereocenters. The van der Waals surface area contributed by atoms with Gasteiger partial charge in [-0.1, -0.05) is 0 Å². The molecule has 0 amide bonds. The first kappa shape index (κ1) is 7.01. The number of aromatic nitrogens is 2. The van der Waals surface area contributed by atoms with Crippen LogP contribution in [0.5, 0.6) is 0 Å². The Balaban J connectivity index is 2.61. The predicted octanol–water partition coefficient (Wildman–Crippen LogP) is 1.29.